The molecule has 0 aliphatic carbocycles. The Morgan fingerprint density at radius 2 is 1.23 bits per heavy atom. The third-order valence-electron chi connectivity index (χ3n) is 9.71. The minimum atomic E-state index is 0.247. The zero-order chi connectivity index (χ0) is 31.8. The zero-order valence-electron chi connectivity index (χ0n) is 25.9. The quantitative estimate of drug-likeness (QED) is 0.185. The zero-order valence-corrected chi connectivity index (χ0v) is 26.7. The Kier molecular flexibility index (Phi) is 5.92. The van der Waals surface area contributed by atoms with Gasteiger partial charge in [0.1, 0.15) is 5.75 Å². The summed E-state index contributed by atoms with van der Waals surface area (Å²) in [7, 11) is 0. The maximum absolute atomic E-state index is 11.8. The molecule has 5 heteroatoms. The van der Waals surface area contributed by atoms with E-state index in [0.29, 0.717) is 6.67 Å². The summed E-state index contributed by atoms with van der Waals surface area (Å²) in [5.74, 6) is 0.247. The molecule has 3 aromatic heterocycles. The van der Waals surface area contributed by atoms with Gasteiger partial charge in [-0.25, -0.2) is 0 Å². The number of phenolic OH excluding ortho intramolecular Hbond substituents is 1. The summed E-state index contributed by atoms with van der Waals surface area (Å²) >= 11 is 1.78. The number of hydrogen-bond donors (Lipinski definition) is 2. The summed E-state index contributed by atoms with van der Waals surface area (Å²) in [5.41, 5.74) is 8.70. The number of aromatic hydroxyl groups is 1. The van der Waals surface area contributed by atoms with Gasteiger partial charge in [0.2, 0.25) is 0 Å². The number of aromatic nitrogens is 2. The topological polar surface area (TPSA) is 42.1 Å². The van der Waals surface area contributed by atoms with Gasteiger partial charge in [-0.3, -0.25) is 0 Å². The average Bonchev–Trinajstić information content (AvgIpc) is 3.80. The number of para-hydroxylation sites is 3. The number of benzene rings is 7. The van der Waals surface area contributed by atoms with Gasteiger partial charge in [-0.15, -0.1) is 11.3 Å². The van der Waals surface area contributed by atoms with Crippen LogP contribution in [0.2, 0.25) is 0 Å². The van der Waals surface area contributed by atoms with Crippen molar-refractivity contribution in [2.75, 3.05) is 5.32 Å². The summed E-state index contributed by atoms with van der Waals surface area (Å²) in [6.45, 7) is 0.478. The highest BCUT2D eigenvalue weighted by molar-refractivity contribution is 7.26. The van der Waals surface area contributed by atoms with E-state index in [1.165, 1.54) is 47.5 Å². The molecule has 0 saturated heterocycles. The van der Waals surface area contributed by atoms with Crippen molar-refractivity contribution < 1.29 is 5.11 Å². The Hall–Kier alpha value is -6.04. The summed E-state index contributed by atoms with van der Waals surface area (Å²) in [6.07, 6.45) is 0. The van der Waals surface area contributed by atoms with Crippen molar-refractivity contribution in [1.29, 1.82) is 0 Å². The van der Waals surface area contributed by atoms with Gasteiger partial charge in [0, 0.05) is 53.0 Å². The van der Waals surface area contributed by atoms with E-state index in [1.807, 2.05) is 12.1 Å². The number of hydrogen-bond acceptors (Lipinski definition) is 3. The number of nitrogens with zero attached hydrogens (tertiary/aromatic N) is 2. The Labute approximate surface area is 280 Å². The van der Waals surface area contributed by atoms with E-state index >= 15 is 0 Å². The van der Waals surface area contributed by atoms with Gasteiger partial charge in [-0.1, -0.05) is 109 Å². The van der Waals surface area contributed by atoms with Crippen LogP contribution in [0, 0.1) is 0 Å². The third kappa shape index (κ3) is 3.88. The first-order chi connectivity index (χ1) is 23.8. The second kappa shape index (κ2) is 10.5. The van der Waals surface area contributed by atoms with Crippen LogP contribution in [-0.4, -0.2) is 14.2 Å². The van der Waals surface area contributed by atoms with Crippen LogP contribution in [0.1, 0.15) is 0 Å². The lowest BCUT2D eigenvalue weighted by Gasteiger charge is -2.16. The number of thiophene rings is 1. The smallest absolute Gasteiger partial charge is 0.140 e. The van der Waals surface area contributed by atoms with Gasteiger partial charge in [0.05, 0.1) is 34.4 Å². The predicted molar refractivity (Wildman–Crippen MR) is 204 cm³/mol. The van der Waals surface area contributed by atoms with Crippen LogP contribution in [0.5, 0.6) is 5.75 Å². The van der Waals surface area contributed by atoms with E-state index in [-0.39, 0.29) is 5.75 Å². The molecule has 228 valence electrons. The molecule has 0 aliphatic rings. The Morgan fingerprint density at radius 1 is 0.562 bits per heavy atom. The van der Waals surface area contributed by atoms with Gasteiger partial charge < -0.3 is 19.6 Å². The van der Waals surface area contributed by atoms with Gasteiger partial charge in [-0.05, 0) is 48.0 Å². The lowest BCUT2D eigenvalue weighted by atomic mass is 10.0. The van der Waals surface area contributed by atoms with Crippen LogP contribution < -0.4 is 5.32 Å². The number of fused-ring (bicyclic) bond motifs is 10. The van der Waals surface area contributed by atoms with Crippen LogP contribution in [0.4, 0.5) is 5.69 Å². The maximum atomic E-state index is 11.8. The lowest BCUT2D eigenvalue weighted by molar-refractivity contribution is 0.477. The Balaban J connectivity index is 1.23. The van der Waals surface area contributed by atoms with Crippen LogP contribution in [0.3, 0.4) is 0 Å². The third-order valence-corrected chi connectivity index (χ3v) is 10.9. The van der Waals surface area contributed by atoms with Crippen molar-refractivity contribution in [3.63, 3.8) is 0 Å². The largest absolute Gasteiger partial charge is 0.506 e. The highest BCUT2D eigenvalue weighted by atomic mass is 32.1. The molecule has 48 heavy (non-hydrogen) atoms. The number of phenols is 1. The molecular weight excluding hydrogens is 607 g/mol. The van der Waals surface area contributed by atoms with Crippen molar-refractivity contribution in [2.45, 2.75) is 6.67 Å². The second-order valence-electron chi connectivity index (χ2n) is 12.3. The van der Waals surface area contributed by atoms with Crippen molar-refractivity contribution in [3.8, 4) is 22.6 Å². The van der Waals surface area contributed by atoms with E-state index in [0.717, 1.165) is 38.8 Å². The first-order valence-corrected chi connectivity index (χ1v) is 17.0. The van der Waals surface area contributed by atoms with E-state index in [4.69, 9.17) is 0 Å². The maximum Gasteiger partial charge on any atom is 0.140 e. The normalized spacial score (nSPS) is 11.9. The molecule has 0 saturated carbocycles. The van der Waals surface area contributed by atoms with Crippen LogP contribution in [0.25, 0.3) is 80.6 Å². The highest BCUT2D eigenvalue weighted by Gasteiger charge is 2.22. The number of anilines is 1. The average molecular weight is 636 g/mol. The summed E-state index contributed by atoms with van der Waals surface area (Å²) < 4.78 is 7.12. The minimum Gasteiger partial charge on any atom is -0.506 e. The van der Waals surface area contributed by atoms with Gasteiger partial charge in [0.15, 0.2) is 0 Å². The minimum absolute atomic E-state index is 0.247. The van der Waals surface area contributed by atoms with Crippen molar-refractivity contribution in [2.24, 2.45) is 0 Å². The van der Waals surface area contributed by atoms with Gasteiger partial charge in [-0.2, -0.15) is 0 Å². The van der Waals surface area contributed by atoms with E-state index in [2.05, 4.69) is 154 Å². The first-order valence-electron chi connectivity index (χ1n) is 16.2. The molecule has 3 heterocycles. The molecule has 10 rings (SSSR count). The Morgan fingerprint density at radius 3 is 2.04 bits per heavy atom. The van der Waals surface area contributed by atoms with Gasteiger partial charge >= 0.3 is 0 Å². The summed E-state index contributed by atoms with van der Waals surface area (Å²) in [6, 6.07) is 53.3. The van der Waals surface area contributed by atoms with Crippen LogP contribution in [-0.2, 0) is 6.67 Å². The molecule has 0 atom stereocenters. The molecule has 0 aliphatic heterocycles. The molecule has 0 radical (unpaired) electrons. The Bertz CT molecular complexity index is 2840. The first kappa shape index (κ1) is 27.1. The predicted octanol–water partition coefficient (Wildman–Crippen LogP) is 11.7. The molecule has 0 amide bonds. The fourth-order valence-electron chi connectivity index (χ4n) is 7.67. The van der Waals surface area contributed by atoms with Crippen LogP contribution >= 0.6 is 11.3 Å². The van der Waals surface area contributed by atoms with Crippen molar-refractivity contribution in [3.05, 3.63) is 152 Å². The molecule has 0 fully saturated rings. The van der Waals surface area contributed by atoms with E-state index < -0.39 is 0 Å². The molecular formula is C43H29N3OS. The molecule has 2 N–H and O–H groups in total. The highest BCUT2D eigenvalue weighted by Crippen LogP contribution is 2.48. The number of nitrogens with one attached hydrogen (secondary N) is 1. The molecule has 0 spiro atoms. The molecule has 10 aromatic rings. The van der Waals surface area contributed by atoms with Crippen molar-refractivity contribution in [1.82, 2.24) is 9.13 Å². The van der Waals surface area contributed by atoms with Crippen LogP contribution in [0.15, 0.2) is 152 Å². The second-order valence-corrected chi connectivity index (χ2v) is 13.4. The molecule has 7 aromatic carbocycles. The van der Waals surface area contributed by atoms with Gasteiger partial charge in [0.25, 0.3) is 0 Å². The fraction of sp³-hybridized carbons (Fsp3) is 0.0233. The standard InChI is InChI=1S/C43H29N3OS/c47-37-25-33(27-13-3-1-4-14-27)43-40(32-19-9-12-22-38(32)48-43)41(37)44-26-45-34-20-10-7-17-29(34)30-23-24-36-39(42(30)45)31-18-8-11-21-35(31)46(36)28-15-5-2-6-16-28/h1-25,44,47H,26H2. The van der Waals surface area contributed by atoms with Crippen molar-refractivity contribution >= 4 is 80.8 Å². The van der Waals surface area contributed by atoms with E-state index in [1.54, 1.807) is 11.3 Å². The summed E-state index contributed by atoms with van der Waals surface area (Å²) in [4.78, 5) is 0. The number of rotatable bonds is 5. The molecule has 0 bridgehead atoms. The monoisotopic (exact) mass is 635 g/mol. The molecule has 0 unspecified atom stereocenters. The van der Waals surface area contributed by atoms with E-state index in [9.17, 15) is 5.11 Å². The SMILES string of the molecule is Oc1cc(-c2ccccc2)c2sc3ccccc3c2c1NCn1c2ccccc2c2ccc3c(c4ccccc4n3-c3ccccc3)c21. The summed E-state index contributed by atoms with van der Waals surface area (Å²) in [5, 5.41) is 22.6. The molecule has 4 nitrogen and oxygen atoms in total. The lowest BCUT2D eigenvalue weighted by Crippen LogP contribution is -2.08. The fourth-order valence-corrected chi connectivity index (χ4v) is 8.92.